The summed E-state index contributed by atoms with van der Waals surface area (Å²) in [7, 11) is 0. The predicted octanol–water partition coefficient (Wildman–Crippen LogP) is 4.16. The van der Waals surface area contributed by atoms with Crippen LogP contribution in [0.4, 0.5) is 18.3 Å². The topological polar surface area (TPSA) is 59.8 Å². The highest BCUT2D eigenvalue weighted by Gasteiger charge is 2.36. The van der Waals surface area contributed by atoms with E-state index >= 15 is 0 Å². The van der Waals surface area contributed by atoms with Crippen molar-refractivity contribution >= 4 is 22.4 Å². The lowest BCUT2D eigenvalue weighted by atomic mass is 10.1. The van der Waals surface area contributed by atoms with E-state index in [-0.39, 0.29) is 5.69 Å². The van der Waals surface area contributed by atoms with E-state index in [1.807, 2.05) is 13.0 Å². The third-order valence-corrected chi connectivity index (χ3v) is 4.14. The molecule has 0 spiro atoms. The fourth-order valence-corrected chi connectivity index (χ4v) is 2.76. The molecule has 0 fully saturated rings. The summed E-state index contributed by atoms with van der Waals surface area (Å²) in [6.45, 7) is 1.93. The molecule has 130 valence electrons. The van der Waals surface area contributed by atoms with Crippen molar-refractivity contribution in [3.8, 4) is 5.69 Å². The van der Waals surface area contributed by atoms with Gasteiger partial charge in [0, 0.05) is 17.6 Å². The lowest BCUT2D eigenvalue weighted by Gasteiger charge is -2.08. The zero-order valence-electron chi connectivity index (χ0n) is 13.0. The summed E-state index contributed by atoms with van der Waals surface area (Å²) in [6.07, 6.45) is -2.45. The van der Waals surface area contributed by atoms with E-state index in [9.17, 15) is 18.0 Å². The highest BCUT2D eigenvalue weighted by Crippen LogP contribution is 2.30. The fourth-order valence-electron chi connectivity index (χ4n) is 2.23. The summed E-state index contributed by atoms with van der Waals surface area (Å²) in [5, 5.41) is 8.02. The molecular weight excluding hydrogens is 353 g/mol. The Morgan fingerprint density at radius 3 is 2.76 bits per heavy atom. The summed E-state index contributed by atoms with van der Waals surface area (Å²) in [6, 6.07) is 7.61. The van der Waals surface area contributed by atoms with Gasteiger partial charge >= 0.3 is 6.18 Å². The van der Waals surface area contributed by atoms with Crippen molar-refractivity contribution < 1.29 is 18.0 Å². The van der Waals surface area contributed by atoms with Crippen molar-refractivity contribution in [1.82, 2.24) is 14.8 Å². The third kappa shape index (κ3) is 3.71. The number of aromatic nitrogens is 3. The summed E-state index contributed by atoms with van der Waals surface area (Å²) >= 11 is 1.17. The molecule has 9 heteroatoms. The van der Waals surface area contributed by atoms with Gasteiger partial charge < -0.3 is 0 Å². The Hall–Kier alpha value is -2.68. The van der Waals surface area contributed by atoms with Gasteiger partial charge in [-0.15, -0.1) is 11.3 Å². The molecule has 1 aromatic carbocycles. The lowest BCUT2D eigenvalue weighted by Crippen LogP contribution is -2.17. The molecule has 2 heterocycles. The molecule has 1 amide bonds. The molecule has 3 aromatic rings. The van der Waals surface area contributed by atoms with Gasteiger partial charge in [-0.3, -0.25) is 10.1 Å². The Bertz CT molecular complexity index is 887. The standard InChI is InChI=1S/C16H13F3N4OS/c1-2-10-4-3-5-11(8-10)23-12(9-13(22-23)16(17,18)19)14(24)21-15-20-6-7-25-15/h3-9H,2H2,1H3,(H,20,21,24). The number of thiazole rings is 1. The van der Waals surface area contributed by atoms with Crippen LogP contribution in [0.1, 0.15) is 28.7 Å². The van der Waals surface area contributed by atoms with Crippen LogP contribution in [-0.4, -0.2) is 20.7 Å². The minimum absolute atomic E-state index is 0.212. The number of hydrogen-bond donors (Lipinski definition) is 1. The first-order chi connectivity index (χ1) is 11.9. The number of benzene rings is 1. The van der Waals surface area contributed by atoms with Crippen LogP contribution in [0, 0.1) is 0 Å². The van der Waals surface area contributed by atoms with Gasteiger partial charge in [0.15, 0.2) is 10.8 Å². The minimum Gasteiger partial charge on any atom is -0.296 e. The van der Waals surface area contributed by atoms with Gasteiger partial charge in [0.1, 0.15) is 5.69 Å². The van der Waals surface area contributed by atoms with Crippen molar-refractivity contribution in [2.24, 2.45) is 0 Å². The first kappa shape index (κ1) is 17.2. The quantitative estimate of drug-likeness (QED) is 0.754. The highest BCUT2D eigenvalue weighted by molar-refractivity contribution is 7.13. The van der Waals surface area contributed by atoms with Crippen LogP contribution >= 0.6 is 11.3 Å². The molecule has 1 N–H and O–H groups in total. The average molecular weight is 366 g/mol. The van der Waals surface area contributed by atoms with Crippen LogP contribution in [0.25, 0.3) is 5.69 Å². The number of anilines is 1. The van der Waals surface area contributed by atoms with Gasteiger partial charge in [-0.25, -0.2) is 9.67 Å². The van der Waals surface area contributed by atoms with Gasteiger partial charge in [0.2, 0.25) is 0 Å². The molecule has 0 aliphatic rings. The molecule has 25 heavy (non-hydrogen) atoms. The highest BCUT2D eigenvalue weighted by atomic mass is 32.1. The summed E-state index contributed by atoms with van der Waals surface area (Å²) in [4.78, 5) is 16.3. The first-order valence-corrected chi connectivity index (χ1v) is 8.24. The molecule has 2 aromatic heterocycles. The van der Waals surface area contributed by atoms with Crippen LogP contribution in [-0.2, 0) is 12.6 Å². The van der Waals surface area contributed by atoms with Crippen molar-refractivity contribution in [1.29, 1.82) is 0 Å². The Balaban J connectivity index is 2.06. The average Bonchev–Trinajstić information content (AvgIpc) is 3.23. The first-order valence-electron chi connectivity index (χ1n) is 7.36. The number of nitrogens with zero attached hydrogens (tertiary/aromatic N) is 3. The fraction of sp³-hybridized carbons (Fsp3) is 0.188. The van der Waals surface area contributed by atoms with Crippen LogP contribution in [0.5, 0.6) is 0 Å². The van der Waals surface area contributed by atoms with E-state index in [0.717, 1.165) is 16.3 Å². The number of carbonyl (C=O) groups excluding carboxylic acids is 1. The molecule has 0 saturated carbocycles. The maximum Gasteiger partial charge on any atom is 0.435 e. The van der Waals surface area contributed by atoms with Gasteiger partial charge in [-0.05, 0) is 24.1 Å². The molecule has 0 aliphatic heterocycles. The number of alkyl halides is 3. The Morgan fingerprint density at radius 2 is 2.12 bits per heavy atom. The predicted molar refractivity (Wildman–Crippen MR) is 88.0 cm³/mol. The van der Waals surface area contributed by atoms with Crippen LogP contribution in [0.15, 0.2) is 41.9 Å². The largest absolute Gasteiger partial charge is 0.435 e. The molecule has 0 unspecified atom stereocenters. The zero-order chi connectivity index (χ0) is 18.0. The lowest BCUT2D eigenvalue weighted by molar-refractivity contribution is -0.141. The molecule has 3 rings (SSSR count). The second-order valence-corrected chi connectivity index (χ2v) is 6.03. The van der Waals surface area contributed by atoms with Crippen molar-refractivity contribution in [3.05, 3.63) is 58.9 Å². The van der Waals surface area contributed by atoms with E-state index < -0.39 is 17.8 Å². The molecule has 0 bridgehead atoms. The molecule has 0 radical (unpaired) electrons. The molecular formula is C16H13F3N4OS. The second kappa shape index (κ2) is 6.67. The smallest absolute Gasteiger partial charge is 0.296 e. The van der Waals surface area contributed by atoms with Gasteiger partial charge in [0.25, 0.3) is 5.91 Å². The van der Waals surface area contributed by atoms with Crippen LogP contribution in [0.2, 0.25) is 0 Å². The maximum absolute atomic E-state index is 13.1. The number of nitrogens with one attached hydrogen (secondary N) is 1. The number of amides is 1. The van der Waals surface area contributed by atoms with E-state index in [1.54, 1.807) is 23.6 Å². The van der Waals surface area contributed by atoms with Crippen molar-refractivity contribution in [2.45, 2.75) is 19.5 Å². The van der Waals surface area contributed by atoms with Gasteiger partial charge in [-0.2, -0.15) is 18.3 Å². The number of rotatable bonds is 4. The van der Waals surface area contributed by atoms with Crippen LogP contribution < -0.4 is 5.32 Å². The molecule has 5 nitrogen and oxygen atoms in total. The van der Waals surface area contributed by atoms with Crippen LogP contribution in [0.3, 0.4) is 0 Å². The van der Waals surface area contributed by atoms with Gasteiger partial charge in [0.05, 0.1) is 5.69 Å². The van der Waals surface area contributed by atoms with Gasteiger partial charge in [-0.1, -0.05) is 19.1 Å². The van der Waals surface area contributed by atoms with E-state index in [0.29, 0.717) is 17.2 Å². The SMILES string of the molecule is CCc1cccc(-n2nc(C(F)(F)F)cc2C(=O)Nc2nccs2)c1. The normalized spacial score (nSPS) is 11.5. The number of aryl methyl sites for hydroxylation is 1. The second-order valence-electron chi connectivity index (χ2n) is 5.14. The monoisotopic (exact) mass is 366 g/mol. The summed E-state index contributed by atoms with van der Waals surface area (Å²) in [5.74, 6) is -0.708. The molecule has 0 aliphatic carbocycles. The number of carbonyl (C=O) groups is 1. The molecule has 0 saturated heterocycles. The number of halogens is 3. The minimum atomic E-state index is -4.65. The third-order valence-electron chi connectivity index (χ3n) is 3.45. The van der Waals surface area contributed by atoms with E-state index in [4.69, 9.17) is 0 Å². The summed E-state index contributed by atoms with van der Waals surface area (Å²) < 4.78 is 40.2. The van der Waals surface area contributed by atoms with Crippen molar-refractivity contribution in [2.75, 3.05) is 5.32 Å². The number of hydrogen-bond acceptors (Lipinski definition) is 4. The maximum atomic E-state index is 13.1. The zero-order valence-corrected chi connectivity index (χ0v) is 13.9. The Kier molecular flexibility index (Phi) is 4.58. The Labute approximate surface area is 145 Å². The van der Waals surface area contributed by atoms with Crippen molar-refractivity contribution in [3.63, 3.8) is 0 Å². The van der Waals surface area contributed by atoms with E-state index in [1.165, 1.54) is 17.5 Å². The summed E-state index contributed by atoms with van der Waals surface area (Å²) in [5.41, 5.74) is -0.0264. The molecule has 0 atom stereocenters. The van der Waals surface area contributed by atoms with E-state index in [2.05, 4.69) is 15.4 Å². The Morgan fingerprint density at radius 1 is 1.32 bits per heavy atom.